The minimum Gasteiger partial charge on any atom is -0.493 e. The van der Waals surface area contributed by atoms with Crippen molar-refractivity contribution in [1.29, 1.82) is 0 Å². The number of rotatable bonds is 14. The Morgan fingerprint density at radius 2 is 1.69 bits per heavy atom. The predicted octanol–water partition coefficient (Wildman–Crippen LogP) is 6.80. The molecule has 0 radical (unpaired) electrons. The van der Waals surface area contributed by atoms with Crippen molar-refractivity contribution in [3.05, 3.63) is 83.3 Å². The van der Waals surface area contributed by atoms with Crippen LogP contribution in [0.25, 0.3) is 32.8 Å². The number of aromatic carboxylic acids is 1. The van der Waals surface area contributed by atoms with Crippen LogP contribution >= 0.6 is 0 Å². The monoisotopic (exact) mass is 670 g/mol. The third-order valence-corrected chi connectivity index (χ3v) is 8.49. The number of aryl methyl sites for hydroxylation is 3. The number of ether oxygens (including phenoxy) is 3. The van der Waals surface area contributed by atoms with Crippen LogP contribution in [-0.2, 0) is 42.7 Å². The highest BCUT2D eigenvalue weighted by Gasteiger charge is 2.28. The first-order chi connectivity index (χ1) is 23.4. The number of para-hydroxylation sites is 1. The number of benzene rings is 3. The number of carbonyl (C=O) groups excluding carboxylic acids is 1. The second-order valence-electron chi connectivity index (χ2n) is 13.2. The Labute approximate surface area is 286 Å². The summed E-state index contributed by atoms with van der Waals surface area (Å²) in [5, 5.41) is 28.7. The molecule has 5 rings (SSSR count). The molecule has 0 bridgehead atoms. The van der Waals surface area contributed by atoms with Crippen molar-refractivity contribution in [2.45, 2.75) is 65.4 Å². The van der Waals surface area contributed by atoms with E-state index >= 15 is 0 Å². The first-order valence-corrected chi connectivity index (χ1v) is 16.5. The Morgan fingerprint density at radius 1 is 0.980 bits per heavy atom. The summed E-state index contributed by atoms with van der Waals surface area (Å²) >= 11 is 0. The SMILES string of the molecule is COCc1nn(C)c(CO)c1-c1cccc2c(CCCOc3cccc4ccccc34)c(C(=O)O)n(CCCN(C)C(=O)OC(C)(C)C)c12. The lowest BCUT2D eigenvalue weighted by molar-refractivity contribution is 0.0294. The minimum absolute atomic E-state index is 0.190. The molecule has 260 valence electrons. The average molecular weight is 671 g/mol. The maximum Gasteiger partial charge on any atom is 0.410 e. The Balaban J connectivity index is 1.53. The van der Waals surface area contributed by atoms with Crippen molar-refractivity contribution in [3.8, 4) is 16.9 Å². The lowest BCUT2D eigenvalue weighted by Crippen LogP contribution is -2.35. The molecule has 11 nitrogen and oxygen atoms in total. The van der Waals surface area contributed by atoms with E-state index < -0.39 is 17.7 Å². The number of aliphatic hydroxyl groups is 1. The van der Waals surface area contributed by atoms with Crippen molar-refractivity contribution in [1.82, 2.24) is 19.2 Å². The van der Waals surface area contributed by atoms with Gasteiger partial charge in [-0.25, -0.2) is 9.59 Å². The summed E-state index contributed by atoms with van der Waals surface area (Å²) in [6.07, 6.45) is 1.07. The molecular weight excluding hydrogens is 624 g/mol. The highest BCUT2D eigenvalue weighted by Crippen LogP contribution is 2.39. The van der Waals surface area contributed by atoms with Crippen molar-refractivity contribution < 1.29 is 34.0 Å². The van der Waals surface area contributed by atoms with E-state index in [0.717, 1.165) is 33.0 Å². The molecule has 2 aromatic heterocycles. The highest BCUT2D eigenvalue weighted by atomic mass is 16.6. The van der Waals surface area contributed by atoms with Gasteiger partial charge in [0.25, 0.3) is 0 Å². The first kappa shape index (κ1) is 35.4. The second kappa shape index (κ2) is 15.1. The van der Waals surface area contributed by atoms with E-state index in [1.165, 1.54) is 4.90 Å². The molecule has 0 saturated carbocycles. The molecule has 0 fully saturated rings. The van der Waals surface area contributed by atoms with Crippen molar-refractivity contribution in [2.75, 3.05) is 27.3 Å². The fourth-order valence-corrected chi connectivity index (χ4v) is 6.40. The van der Waals surface area contributed by atoms with E-state index in [0.29, 0.717) is 61.5 Å². The number of hydrogen-bond donors (Lipinski definition) is 2. The number of carboxylic acid groups (broad SMARTS) is 1. The van der Waals surface area contributed by atoms with E-state index in [1.54, 1.807) is 25.9 Å². The summed E-state index contributed by atoms with van der Waals surface area (Å²) < 4.78 is 20.7. The summed E-state index contributed by atoms with van der Waals surface area (Å²) in [5.41, 5.74) is 3.69. The number of methoxy groups -OCH3 is 1. The number of carbonyl (C=O) groups is 2. The Morgan fingerprint density at radius 3 is 2.41 bits per heavy atom. The van der Waals surface area contributed by atoms with Crippen molar-refractivity contribution in [3.63, 3.8) is 0 Å². The zero-order valence-corrected chi connectivity index (χ0v) is 29.2. The van der Waals surface area contributed by atoms with Gasteiger partial charge in [-0.05, 0) is 57.0 Å². The van der Waals surface area contributed by atoms with Gasteiger partial charge < -0.3 is 33.9 Å². The average Bonchev–Trinajstić information content (AvgIpc) is 3.55. The van der Waals surface area contributed by atoms with Crippen LogP contribution in [0.2, 0.25) is 0 Å². The van der Waals surface area contributed by atoms with Crippen LogP contribution in [0.15, 0.2) is 60.7 Å². The molecule has 0 spiro atoms. The van der Waals surface area contributed by atoms with Gasteiger partial charge in [-0.3, -0.25) is 4.68 Å². The number of hydrogen-bond acceptors (Lipinski definition) is 7. The molecule has 0 aliphatic rings. The van der Waals surface area contributed by atoms with E-state index in [1.807, 2.05) is 86.0 Å². The molecule has 3 aromatic carbocycles. The smallest absolute Gasteiger partial charge is 0.410 e. The third kappa shape index (κ3) is 7.73. The van der Waals surface area contributed by atoms with Crippen LogP contribution in [0.3, 0.4) is 0 Å². The van der Waals surface area contributed by atoms with E-state index in [-0.39, 0.29) is 18.9 Å². The van der Waals surface area contributed by atoms with Crippen LogP contribution in [0, 0.1) is 0 Å². The number of aliphatic hydroxyl groups excluding tert-OH is 1. The summed E-state index contributed by atoms with van der Waals surface area (Å²) in [6, 6.07) is 19.8. The van der Waals surface area contributed by atoms with Crippen molar-refractivity contribution >= 4 is 33.7 Å². The maximum absolute atomic E-state index is 13.1. The normalized spacial score (nSPS) is 11.7. The van der Waals surface area contributed by atoms with E-state index in [2.05, 4.69) is 5.10 Å². The number of fused-ring (bicyclic) bond motifs is 2. The quantitative estimate of drug-likeness (QED) is 0.124. The third-order valence-electron chi connectivity index (χ3n) is 8.49. The Kier molecular flexibility index (Phi) is 10.9. The molecule has 49 heavy (non-hydrogen) atoms. The lowest BCUT2D eigenvalue weighted by atomic mass is 9.98. The predicted molar refractivity (Wildman–Crippen MR) is 189 cm³/mol. The van der Waals surface area contributed by atoms with Gasteiger partial charge in [0, 0.05) is 56.2 Å². The van der Waals surface area contributed by atoms with Crippen LogP contribution < -0.4 is 4.74 Å². The van der Waals surface area contributed by atoms with Gasteiger partial charge in [0.1, 0.15) is 17.0 Å². The molecule has 0 unspecified atom stereocenters. The molecule has 5 aromatic rings. The number of amides is 1. The largest absolute Gasteiger partial charge is 0.493 e. The van der Waals surface area contributed by atoms with E-state index in [4.69, 9.17) is 14.2 Å². The summed E-state index contributed by atoms with van der Waals surface area (Å²) in [6.45, 7) is 6.48. The number of carboxylic acids is 1. The summed E-state index contributed by atoms with van der Waals surface area (Å²) in [5.74, 6) is -0.257. The molecule has 0 saturated heterocycles. The topological polar surface area (TPSA) is 128 Å². The molecule has 1 amide bonds. The zero-order chi connectivity index (χ0) is 35.3. The maximum atomic E-state index is 13.1. The molecule has 11 heteroatoms. The van der Waals surface area contributed by atoms with E-state index in [9.17, 15) is 19.8 Å². The molecule has 0 aliphatic heterocycles. The number of aromatic nitrogens is 3. The summed E-state index contributed by atoms with van der Waals surface area (Å²) in [4.78, 5) is 27.3. The highest BCUT2D eigenvalue weighted by molar-refractivity contribution is 6.04. The van der Waals surface area contributed by atoms with Gasteiger partial charge in [0.05, 0.1) is 36.7 Å². The second-order valence-corrected chi connectivity index (χ2v) is 13.2. The van der Waals surface area contributed by atoms with Gasteiger partial charge in [-0.1, -0.05) is 54.6 Å². The van der Waals surface area contributed by atoms with Crippen LogP contribution in [0.1, 0.15) is 61.1 Å². The fourth-order valence-electron chi connectivity index (χ4n) is 6.40. The Hall–Kier alpha value is -4.87. The molecule has 2 heterocycles. The first-order valence-electron chi connectivity index (χ1n) is 16.5. The lowest BCUT2D eigenvalue weighted by Gasteiger charge is -2.24. The van der Waals surface area contributed by atoms with Crippen LogP contribution in [-0.4, -0.2) is 74.4 Å². The van der Waals surface area contributed by atoms with Gasteiger partial charge in [0.2, 0.25) is 0 Å². The molecular formula is C38H46N4O7. The summed E-state index contributed by atoms with van der Waals surface area (Å²) in [7, 11) is 5.03. The van der Waals surface area contributed by atoms with Crippen LogP contribution in [0.5, 0.6) is 5.75 Å². The molecule has 0 atom stereocenters. The zero-order valence-electron chi connectivity index (χ0n) is 29.2. The van der Waals surface area contributed by atoms with Crippen molar-refractivity contribution in [2.24, 2.45) is 7.05 Å². The van der Waals surface area contributed by atoms with Gasteiger partial charge in [-0.15, -0.1) is 0 Å². The Bertz CT molecular complexity index is 1950. The van der Waals surface area contributed by atoms with Gasteiger partial charge in [0.15, 0.2) is 0 Å². The number of nitrogens with zero attached hydrogens (tertiary/aromatic N) is 4. The van der Waals surface area contributed by atoms with Gasteiger partial charge >= 0.3 is 12.1 Å². The van der Waals surface area contributed by atoms with Crippen LogP contribution in [0.4, 0.5) is 4.79 Å². The molecule has 2 N–H and O–H groups in total. The minimum atomic E-state index is -1.04. The van der Waals surface area contributed by atoms with Gasteiger partial charge in [-0.2, -0.15) is 5.10 Å². The standard InChI is InChI=1S/C38H46N4O7/c1-38(2,3)49-37(46)40(4)20-12-21-42-34-27(16-10-17-29(34)33-30(24-47-6)39-41(5)31(33)23-43)28(35(42)36(44)45)18-11-22-48-32-19-9-14-25-13-7-8-15-26(25)32/h7-10,13-17,19,43H,11-12,18,20-24H2,1-6H3,(H,44,45). The molecule has 0 aliphatic carbocycles. The fraction of sp³-hybridized carbons (Fsp3) is 0.395.